The Labute approximate surface area is 150 Å². The van der Waals surface area contributed by atoms with E-state index in [2.05, 4.69) is 40.0 Å². The number of aldehydes is 1. The van der Waals surface area contributed by atoms with Crippen LogP contribution < -0.4 is 10.1 Å². The predicted molar refractivity (Wildman–Crippen MR) is 103 cm³/mol. The van der Waals surface area contributed by atoms with Crippen LogP contribution in [-0.4, -0.2) is 13.4 Å². The van der Waals surface area contributed by atoms with Crippen molar-refractivity contribution in [3.63, 3.8) is 0 Å². The van der Waals surface area contributed by atoms with E-state index in [1.807, 2.05) is 49.4 Å². The van der Waals surface area contributed by atoms with Gasteiger partial charge < -0.3 is 10.1 Å². The number of para-hydroxylation sites is 1. The van der Waals surface area contributed by atoms with Crippen molar-refractivity contribution in [2.45, 2.75) is 19.4 Å². The zero-order valence-corrected chi connectivity index (χ0v) is 15.4. The highest BCUT2D eigenvalue weighted by molar-refractivity contribution is 14.1. The summed E-state index contributed by atoms with van der Waals surface area (Å²) in [5.74, 6) is 0.814. The molecule has 0 saturated carbocycles. The highest BCUT2D eigenvalue weighted by Crippen LogP contribution is 2.34. The predicted octanol–water partition coefficient (Wildman–Crippen LogP) is 4.99. The molecule has 1 N–H and O–H groups in total. The standard InChI is InChI=1S/C19H20INO2/c1-14(13-22)11-12-17(15-7-4-3-5-8-15)21-19-16(20)9-6-10-18(19)23-2/h3-11,13,17,21H,12H2,1-2H3/b14-11+. The van der Waals surface area contributed by atoms with E-state index < -0.39 is 0 Å². The lowest BCUT2D eigenvalue weighted by molar-refractivity contribution is -0.104. The molecule has 0 aliphatic heterocycles. The summed E-state index contributed by atoms with van der Waals surface area (Å²) >= 11 is 2.30. The maximum absolute atomic E-state index is 10.9. The van der Waals surface area contributed by atoms with Gasteiger partial charge >= 0.3 is 0 Å². The molecule has 0 aliphatic rings. The third-order valence-electron chi connectivity index (χ3n) is 3.58. The molecule has 120 valence electrons. The summed E-state index contributed by atoms with van der Waals surface area (Å²) in [6, 6.07) is 16.2. The summed E-state index contributed by atoms with van der Waals surface area (Å²) in [7, 11) is 1.67. The van der Waals surface area contributed by atoms with E-state index in [4.69, 9.17) is 4.74 Å². The quantitative estimate of drug-likeness (QED) is 0.389. The molecule has 0 aromatic heterocycles. The highest BCUT2D eigenvalue weighted by Gasteiger charge is 2.14. The average Bonchev–Trinajstić information content (AvgIpc) is 2.60. The fraction of sp³-hybridized carbons (Fsp3) is 0.211. The topological polar surface area (TPSA) is 38.3 Å². The number of nitrogens with one attached hydrogen (secondary N) is 1. The minimum absolute atomic E-state index is 0.0657. The van der Waals surface area contributed by atoms with Gasteiger partial charge in [0.1, 0.15) is 12.0 Å². The number of hydrogen-bond acceptors (Lipinski definition) is 3. The van der Waals surface area contributed by atoms with Crippen LogP contribution in [0.4, 0.5) is 5.69 Å². The number of carbonyl (C=O) groups is 1. The first-order valence-electron chi connectivity index (χ1n) is 7.41. The SMILES string of the molecule is COc1cccc(I)c1NC(C/C=C(\C)C=O)c1ccccc1. The Hall–Kier alpha value is -1.82. The van der Waals surface area contributed by atoms with Crippen molar-refractivity contribution in [3.8, 4) is 5.75 Å². The zero-order valence-electron chi connectivity index (χ0n) is 13.3. The summed E-state index contributed by atoms with van der Waals surface area (Å²) in [5, 5.41) is 3.57. The lowest BCUT2D eigenvalue weighted by Crippen LogP contribution is -2.12. The second kappa shape index (κ2) is 8.72. The van der Waals surface area contributed by atoms with Crippen molar-refractivity contribution in [2.75, 3.05) is 12.4 Å². The van der Waals surface area contributed by atoms with Crippen molar-refractivity contribution < 1.29 is 9.53 Å². The van der Waals surface area contributed by atoms with Gasteiger partial charge in [-0.3, -0.25) is 4.79 Å². The van der Waals surface area contributed by atoms with Crippen molar-refractivity contribution in [1.82, 2.24) is 0 Å². The third kappa shape index (κ3) is 4.82. The van der Waals surface area contributed by atoms with Crippen molar-refractivity contribution in [2.24, 2.45) is 0 Å². The van der Waals surface area contributed by atoms with Gasteiger partial charge in [0.05, 0.1) is 18.8 Å². The van der Waals surface area contributed by atoms with E-state index in [-0.39, 0.29) is 6.04 Å². The molecule has 0 amide bonds. The minimum Gasteiger partial charge on any atom is -0.495 e. The zero-order chi connectivity index (χ0) is 16.7. The van der Waals surface area contributed by atoms with Crippen LogP contribution in [0.25, 0.3) is 0 Å². The second-order valence-electron chi connectivity index (χ2n) is 5.23. The number of anilines is 1. The Balaban J connectivity index is 2.33. The van der Waals surface area contributed by atoms with Crippen molar-refractivity contribution in [3.05, 3.63) is 69.3 Å². The summed E-state index contributed by atoms with van der Waals surface area (Å²) in [5.41, 5.74) is 2.88. The van der Waals surface area contributed by atoms with Gasteiger partial charge in [0.15, 0.2) is 0 Å². The van der Waals surface area contributed by atoms with E-state index >= 15 is 0 Å². The smallest absolute Gasteiger partial charge is 0.145 e. The van der Waals surface area contributed by atoms with Gasteiger partial charge in [-0.2, -0.15) is 0 Å². The van der Waals surface area contributed by atoms with Crippen LogP contribution in [0.3, 0.4) is 0 Å². The Kier molecular flexibility index (Phi) is 6.65. The molecule has 1 unspecified atom stereocenters. The first kappa shape index (κ1) is 17.5. The van der Waals surface area contributed by atoms with Crippen LogP contribution in [0.1, 0.15) is 24.9 Å². The lowest BCUT2D eigenvalue weighted by atomic mass is 10.0. The van der Waals surface area contributed by atoms with Gasteiger partial charge in [0.25, 0.3) is 0 Å². The van der Waals surface area contributed by atoms with Gasteiger partial charge in [-0.25, -0.2) is 0 Å². The molecule has 0 radical (unpaired) electrons. The number of allylic oxidation sites excluding steroid dienone is 1. The number of ether oxygens (including phenoxy) is 1. The summed E-state index contributed by atoms with van der Waals surface area (Å²) in [6.07, 6.45) is 3.57. The van der Waals surface area contributed by atoms with Crippen molar-refractivity contribution >= 4 is 34.6 Å². The van der Waals surface area contributed by atoms with E-state index in [1.165, 1.54) is 5.56 Å². The number of hydrogen-bond donors (Lipinski definition) is 1. The van der Waals surface area contributed by atoms with Crippen LogP contribution in [0.2, 0.25) is 0 Å². The van der Waals surface area contributed by atoms with Gasteiger partial charge in [-0.05, 0) is 59.2 Å². The maximum atomic E-state index is 10.9. The molecule has 0 spiro atoms. The largest absolute Gasteiger partial charge is 0.495 e. The Morgan fingerprint density at radius 3 is 2.61 bits per heavy atom. The summed E-state index contributed by atoms with van der Waals surface area (Å²) < 4.78 is 6.57. The fourth-order valence-electron chi connectivity index (χ4n) is 2.30. The fourth-order valence-corrected chi connectivity index (χ4v) is 2.93. The van der Waals surface area contributed by atoms with E-state index in [9.17, 15) is 4.79 Å². The van der Waals surface area contributed by atoms with Crippen LogP contribution in [0.15, 0.2) is 60.2 Å². The van der Waals surface area contributed by atoms with Crippen LogP contribution in [0, 0.1) is 3.57 Å². The molecule has 1 atom stereocenters. The molecule has 23 heavy (non-hydrogen) atoms. The van der Waals surface area contributed by atoms with Gasteiger partial charge in [-0.1, -0.05) is 42.5 Å². The molecule has 0 saturated heterocycles. The first-order chi connectivity index (χ1) is 11.2. The number of carbonyl (C=O) groups excluding carboxylic acids is 1. The normalized spacial score (nSPS) is 12.6. The Bertz CT molecular complexity index is 683. The molecule has 0 heterocycles. The first-order valence-corrected chi connectivity index (χ1v) is 8.49. The Morgan fingerprint density at radius 2 is 1.96 bits per heavy atom. The van der Waals surface area contributed by atoms with E-state index in [1.54, 1.807) is 7.11 Å². The van der Waals surface area contributed by atoms with Crippen molar-refractivity contribution in [1.29, 1.82) is 0 Å². The summed E-state index contributed by atoms with van der Waals surface area (Å²) in [4.78, 5) is 10.9. The maximum Gasteiger partial charge on any atom is 0.145 e. The monoisotopic (exact) mass is 421 g/mol. The summed E-state index contributed by atoms with van der Waals surface area (Å²) in [6.45, 7) is 1.82. The average molecular weight is 421 g/mol. The molecular formula is C19H20INO2. The van der Waals surface area contributed by atoms with Gasteiger partial charge in [-0.15, -0.1) is 0 Å². The number of benzene rings is 2. The lowest BCUT2D eigenvalue weighted by Gasteiger charge is -2.22. The van der Waals surface area contributed by atoms with E-state index in [0.717, 1.165) is 33.3 Å². The van der Waals surface area contributed by atoms with Crippen LogP contribution >= 0.6 is 22.6 Å². The molecule has 2 rings (SSSR count). The minimum atomic E-state index is 0.0657. The Morgan fingerprint density at radius 1 is 1.22 bits per heavy atom. The highest BCUT2D eigenvalue weighted by atomic mass is 127. The molecule has 2 aromatic rings. The number of halogens is 1. The molecule has 3 nitrogen and oxygen atoms in total. The number of rotatable bonds is 7. The molecular weight excluding hydrogens is 401 g/mol. The van der Waals surface area contributed by atoms with E-state index in [0.29, 0.717) is 0 Å². The second-order valence-corrected chi connectivity index (χ2v) is 6.39. The molecule has 0 aliphatic carbocycles. The van der Waals surface area contributed by atoms with Gasteiger partial charge in [0, 0.05) is 3.57 Å². The van der Waals surface area contributed by atoms with Gasteiger partial charge in [0.2, 0.25) is 0 Å². The molecule has 0 fully saturated rings. The third-order valence-corrected chi connectivity index (χ3v) is 4.48. The molecule has 4 heteroatoms. The van der Waals surface area contributed by atoms with Crippen LogP contribution in [0.5, 0.6) is 5.75 Å². The number of methoxy groups -OCH3 is 1. The molecule has 0 bridgehead atoms. The van der Waals surface area contributed by atoms with Crippen LogP contribution in [-0.2, 0) is 4.79 Å². The molecule has 2 aromatic carbocycles.